The van der Waals surface area contributed by atoms with E-state index in [1.165, 1.54) is 5.56 Å². The molecule has 1 unspecified atom stereocenters. The lowest BCUT2D eigenvalue weighted by Gasteiger charge is -2.24. The van der Waals surface area contributed by atoms with E-state index in [9.17, 15) is 0 Å². The molecule has 0 bridgehead atoms. The minimum absolute atomic E-state index is 0.215. The smallest absolute Gasteiger partial charge is 0.169 e. The van der Waals surface area contributed by atoms with Gasteiger partial charge in [0, 0.05) is 39.1 Å². The van der Waals surface area contributed by atoms with E-state index in [-0.39, 0.29) is 6.04 Å². The summed E-state index contributed by atoms with van der Waals surface area (Å²) in [6, 6.07) is 4.18. The minimum atomic E-state index is 0.215. The topological polar surface area (TPSA) is 37.4 Å². The Balaban J connectivity index is 2.42. The molecule has 0 amide bonds. The Labute approximate surface area is 108 Å². The standard InChI is InChI=1S/C12H19N3OS/c1-10(9-16-3)14-12(17)15(2)8-11-4-6-13-7-5-11/h4-7,10H,8-9H2,1-3H3,(H,14,17). The van der Waals surface area contributed by atoms with Gasteiger partial charge in [0.25, 0.3) is 0 Å². The zero-order valence-electron chi connectivity index (χ0n) is 10.5. The van der Waals surface area contributed by atoms with Crippen molar-refractivity contribution in [3.05, 3.63) is 30.1 Å². The number of rotatable bonds is 5. The summed E-state index contributed by atoms with van der Waals surface area (Å²) in [6.45, 7) is 3.45. The molecule has 0 aromatic carbocycles. The molecule has 17 heavy (non-hydrogen) atoms. The number of thiocarbonyl (C=S) groups is 1. The van der Waals surface area contributed by atoms with Crippen molar-refractivity contribution < 1.29 is 4.74 Å². The summed E-state index contributed by atoms with van der Waals surface area (Å²) >= 11 is 5.31. The summed E-state index contributed by atoms with van der Waals surface area (Å²) in [7, 11) is 3.65. The summed E-state index contributed by atoms with van der Waals surface area (Å²) in [6.07, 6.45) is 3.57. The van der Waals surface area contributed by atoms with E-state index in [0.717, 1.165) is 11.7 Å². The van der Waals surface area contributed by atoms with Crippen LogP contribution in [0.4, 0.5) is 0 Å². The highest BCUT2D eigenvalue weighted by molar-refractivity contribution is 7.80. The average Bonchev–Trinajstić information content (AvgIpc) is 2.30. The van der Waals surface area contributed by atoms with Crippen LogP contribution in [0.15, 0.2) is 24.5 Å². The van der Waals surface area contributed by atoms with Crippen molar-refractivity contribution in [1.82, 2.24) is 15.2 Å². The van der Waals surface area contributed by atoms with Crippen molar-refractivity contribution >= 4 is 17.3 Å². The largest absolute Gasteiger partial charge is 0.383 e. The van der Waals surface area contributed by atoms with Gasteiger partial charge >= 0.3 is 0 Å². The van der Waals surface area contributed by atoms with Gasteiger partial charge in [-0.2, -0.15) is 0 Å². The maximum Gasteiger partial charge on any atom is 0.169 e. The molecule has 0 aliphatic heterocycles. The van der Waals surface area contributed by atoms with E-state index < -0.39 is 0 Å². The second-order valence-electron chi connectivity index (χ2n) is 4.02. The van der Waals surface area contributed by atoms with Gasteiger partial charge in [-0.25, -0.2) is 0 Å². The molecule has 94 valence electrons. The van der Waals surface area contributed by atoms with Crippen LogP contribution in [0.3, 0.4) is 0 Å². The Kier molecular flexibility index (Phi) is 5.86. The number of nitrogens with one attached hydrogen (secondary N) is 1. The normalized spacial score (nSPS) is 11.9. The summed E-state index contributed by atoms with van der Waals surface area (Å²) in [5.41, 5.74) is 1.19. The van der Waals surface area contributed by atoms with Crippen LogP contribution in [-0.2, 0) is 11.3 Å². The van der Waals surface area contributed by atoms with Gasteiger partial charge in [-0.1, -0.05) is 0 Å². The first-order valence-electron chi connectivity index (χ1n) is 5.53. The van der Waals surface area contributed by atoms with Gasteiger partial charge in [0.15, 0.2) is 5.11 Å². The molecule has 0 saturated heterocycles. The Bertz CT molecular complexity index is 345. The van der Waals surface area contributed by atoms with Crippen molar-refractivity contribution in [3.8, 4) is 0 Å². The van der Waals surface area contributed by atoms with Gasteiger partial charge in [0.1, 0.15) is 0 Å². The lowest BCUT2D eigenvalue weighted by Crippen LogP contribution is -2.43. The average molecular weight is 253 g/mol. The van der Waals surface area contributed by atoms with Crippen molar-refractivity contribution in [2.24, 2.45) is 0 Å². The lowest BCUT2D eigenvalue weighted by atomic mass is 10.2. The number of ether oxygens (including phenoxy) is 1. The van der Waals surface area contributed by atoms with Crippen molar-refractivity contribution in [2.75, 3.05) is 20.8 Å². The second-order valence-corrected chi connectivity index (χ2v) is 4.40. The highest BCUT2D eigenvalue weighted by Gasteiger charge is 2.08. The van der Waals surface area contributed by atoms with E-state index in [0.29, 0.717) is 6.61 Å². The molecule has 1 heterocycles. The summed E-state index contributed by atoms with van der Waals surface area (Å²) in [5.74, 6) is 0. The molecule has 0 saturated carbocycles. The van der Waals surface area contributed by atoms with Crippen LogP contribution in [0.2, 0.25) is 0 Å². The molecular formula is C12H19N3OS. The van der Waals surface area contributed by atoms with E-state index >= 15 is 0 Å². The van der Waals surface area contributed by atoms with Crippen molar-refractivity contribution in [3.63, 3.8) is 0 Å². The third kappa shape index (κ3) is 5.10. The number of nitrogens with zero attached hydrogens (tertiary/aromatic N) is 2. The Morgan fingerprint density at radius 3 is 2.76 bits per heavy atom. The maximum absolute atomic E-state index is 5.31. The van der Waals surface area contributed by atoms with Gasteiger partial charge in [-0.05, 0) is 36.8 Å². The Morgan fingerprint density at radius 2 is 2.18 bits per heavy atom. The first kappa shape index (κ1) is 13.9. The molecule has 1 aromatic rings. The second kappa shape index (κ2) is 7.19. The van der Waals surface area contributed by atoms with Crippen molar-refractivity contribution in [2.45, 2.75) is 19.5 Å². The molecule has 0 aliphatic rings. The fraction of sp³-hybridized carbons (Fsp3) is 0.500. The molecule has 0 aliphatic carbocycles. The third-order valence-corrected chi connectivity index (χ3v) is 2.73. The van der Waals surface area contributed by atoms with Gasteiger partial charge in [-0.3, -0.25) is 4.98 Å². The van der Waals surface area contributed by atoms with Crippen LogP contribution in [0.25, 0.3) is 0 Å². The predicted octanol–water partition coefficient (Wildman–Crippen LogP) is 1.42. The number of hydrogen-bond donors (Lipinski definition) is 1. The molecule has 1 aromatic heterocycles. The number of hydrogen-bond acceptors (Lipinski definition) is 3. The number of pyridine rings is 1. The highest BCUT2D eigenvalue weighted by Crippen LogP contribution is 2.01. The predicted molar refractivity (Wildman–Crippen MR) is 72.8 cm³/mol. The van der Waals surface area contributed by atoms with Gasteiger partial charge in [-0.15, -0.1) is 0 Å². The molecule has 0 radical (unpaired) electrons. The Morgan fingerprint density at radius 1 is 1.53 bits per heavy atom. The fourth-order valence-electron chi connectivity index (χ4n) is 1.45. The molecule has 1 rings (SSSR count). The van der Waals surface area contributed by atoms with Crippen LogP contribution in [0.1, 0.15) is 12.5 Å². The van der Waals surface area contributed by atoms with Gasteiger partial charge < -0.3 is 15.0 Å². The third-order valence-electron chi connectivity index (χ3n) is 2.30. The molecule has 0 spiro atoms. The molecule has 1 atom stereocenters. The monoisotopic (exact) mass is 253 g/mol. The fourth-order valence-corrected chi connectivity index (χ4v) is 1.71. The number of aromatic nitrogens is 1. The summed E-state index contributed by atoms with van der Waals surface area (Å²) < 4.78 is 5.05. The van der Waals surface area contributed by atoms with Gasteiger partial charge in [0.05, 0.1) is 6.61 Å². The summed E-state index contributed by atoms with van der Waals surface area (Å²) in [5, 5.41) is 3.95. The maximum atomic E-state index is 5.31. The SMILES string of the molecule is COCC(C)NC(=S)N(C)Cc1ccncc1. The zero-order chi connectivity index (χ0) is 12.7. The van der Waals surface area contributed by atoms with E-state index in [1.807, 2.05) is 31.0 Å². The first-order valence-corrected chi connectivity index (χ1v) is 5.93. The van der Waals surface area contributed by atoms with Crippen LogP contribution in [0.5, 0.6) is 0 Å². The first-order chi connectivity index (χ1) is 8.13. The molecule has 5 heteroatoms. The van der Waals surface area contributed by atoms with Crippen LogP contribution >= 0.6 is 12.2 Å². The summed E-state index contributed by atoms with van der Waals surface area (Å²) in [4.78, 5) is 5.98. The minimum Gasteiger partial charge on any atom is -0.383 e. The quantitative estimate of drug-likeness (QED) is 0.803. The number of methoxy groups -OCH3 is 1. The van der Waals surface area contributed by atoms with Gasteiger partial charge in [0.2, 0.25) is 0 Å². The van der Waals surface area contributed by atoms with Crippen molar-refractivity contribution in [1.29, 1.82) is 0 Å². The molecule has 1 N–H and O–H groups in total. The molecule has 4 nitrogen and oxygen atoms in total. The van der Waals surface area contributed by atoms with Crippen LogP contribution in [0, 0.1) is 0 Å². The van der Waals surface area contributed by atoms with Crippen LogP contribution in [-0.4, -0.2) is 41.8 Å². The molecular weight excluding hydrogens is 234 g/mol. The van der Waals surface area contributed by atoms with E-state index in [4.69, 9.17) is 17.0 Å². The Hall–Kier alpha value is -1.20. The highest BCUT2D eigenvalue weighted by atomic mass is 32.1. The van der Waals surface area contributed by atoms with Crippen LogP contribution < -0.4 is 5.32 Å². The van der Waals surface area contributed by atoms with E-state index in [2.05, 4.69) is 10.3 Å². The zero-order valence-corrected chi connectivity index (χ0v) is 11.3. The van der Waals surface area contributed by atoms with E-state index in [1.54, 1.807) is 19.5 Å². The molecule has 0 fully saturated rings. The lowest BCUT2D eigenvalue weighted by molar-refractivity contribution is 0.178.